The van der Waals surface area contributed by atoms with Crippen molar-refractivity contribution in [2.75, 3.05) is 23.8 Å². The van der Waals surface area contributed by atoms with E-state index in [0.717, 1.165) is 58.0 Å². The summed E-state index contributed by atoms with van der Waals surface area (Å²) < 4.78 is 0.892. The lowest BCUT2D eigenvalue weighted by Gasteiger charge is -2.21. The number of fused-ring (bicyclic) bond motifs is 2. The predicted molar refractivity (Wildman–Crippen MR) is 136 cm³/mol. The maximum Gasteiger partial charge on any atom is 0.250 e. The van der Waals surface area contributed by atoms with E-state index in [9.17, 15) is 4.79 Å². The minimum Gasteiger partial charge on any atom is -0.366 e. The van der Waals surface area contributed by atoms with Crippen LogP contribution in [0.4, 0.5) is 11.6 Å². The third-order valence-corrected chi connectivity index (χ3v) is 7.35. The zero-order chi connectivity index (χ0) is 22.9. The number of nitrogens with two attached hydrogens (primary N) is 1. The molecule has 1 aliphatic heterocycles. The first-order valence-corrected chi connectivity index (χ1v) is 12.1. The van der Waals surface area contributed by atoms with Crippen molar-refractivity contribution in [2.45, 2.75) is 32.7 Å². The van der Waals surface area contributed by atoms with Crippen LogP contribution in [0.3, 0.4) is 0 Å². The van der Waals surface area contributed by atoms with Gasteiger partial charge in [0.2, 0.25) is 5.91 Å². The molecular formula is C26H27N5OS. The second kappa shape index (κ2) is 8.83. The van der Waals surface area contributed by atoms with Gasteiger partial charge >= 0.3 is 0 Å². The molecule has 6 nitrogen and oxygen atoms in total. The summed E-state index contributed by atoms with van der Waals surface area (Å²) in [6.07, 6.45) is 3.19. The second-order valence-corrected chi connectivity index (χ2v) is 9.72. The summed E-state index contributed by atoms with van der Waals surface area (Å²) in [6, 6.07) is 16.0. The molecule has 1 aliphatic rings. The van der Waals surface area contributed by atoms with Crippen LogP contribution in [0.2, 0.25) is 0 Å². The SMILES string of the molecule is Cc1sc2c(C(N)=O)cccc2c1-c1nc(NCc2ccccc2)c2c(n1)N(C)CCCC2. The van der Waals surface area contributed by atoms with Crippen LogP contribution in [0.25, 0.3) is 21.5 Å². The smallest absolute Gasteiger partial charge is 0.250 e. The van der Waals surface area contributed by atoms with Crippen molar-refractivity contribution >= 4 is 39.0 Å². The molecule has 0 fully saturated rings. The average molecular weight is 458 g/mol. The highest BCUT2D eigenvalue weighted by Gasteiger charge is 2.24. The summed E-state index contributed by atoms with van der Waals surface area (Å²) in [7, 11) is 2.10. The average Bonchev–Trinajstić information content (AvgIpc) is 3.04. The number of rotatable bonds is 5. The molecule has 2 aromatic carbocycles. The van der Waals surface area contributed by atoms with Crippen LogP contribution in [-0.2, 0) is 13.0 Å². The van der Waals surface area contributed by atoms with Crippen LogP contribution in [0, 0.1) is 6.92 Å². The lowest BCUT2D eigenvalue weighted by atomic mass is 10.1. The van der Waals surface area contributed by atoms with Gasteiger partial charge < -0.3 is 16.0 Å². The van der Waals surface area contributed by atoms with Gasteiger partial charge in [0.05, 0.1) is 5.56 Å². The van der Waals surface area contributed by atoms with E-state index in [1.165, 1.54) is 11.1 Å². The van der Waals surface area contributed by atoms with Crippen LogP contribution in [0.15, 0.2) is 48.5 Å². The maximum atomic E-state index is 12.0. The zero-order valence-corrected chi connectivity index (χ0v) is 19.7. The molecule has 4 aromatic rings. The van der Waals surface area contributed by atoms with Gasteiger partial charge in [-0.15, -0.1) is 11.3 Å². The molecule has 0 spiro atoms. The zero-order valence-electron chi connectivity index (χ0n) is 18.9. The van der Waals surface area contributed by atoms with E-state index in [-0.39, 0.29) is 0 Å². The first-order valence-electron chi connectivity index (χ1n) is 11.2. The molecule has 0 saturated carbocycles. The number of aryl methyl sites for hydroxylation is 1. The summed E-state index contributed by atoms with van der Waals surface area (Å²) >= 11 is 1.57. The number of nitrogens with zero attached hydrogens (tertiary/aromatic N) is 3. The minimum absolute atomic E-state index is 0.416. The number of thiophene rings is 1. The Balaban J connectivity index is 1.66. The van der Waals surface area contributed by atoms with Crippen molar-refractivity contribution < 1.29 is 4.79 Å². The third-order valence-electron chi connectivity index (χ3n) is 6.20. The largest absolute Gasteiger partial charge is 0.366 e. The van der Waals surface area contributed by atoms with Gasteiger partial charge in [-0.3, -0.25) is 4.79 Å². The van der Waals surface area contributed by atoms with E-state index in [2.05, 4.69) is 36.3 Å². The molecule has 0 radical (unpaired) electrons. The van der Waals surface area contributed by atoms with E-state index < -0.39 is 5.91 Å². The Morgan fingerprint density at radius 2 is 1.94 bits per heavy atom. The number of anilines is 2. The Hall–Kier alpha value is -3.45. The molecule has 7 heteroatoms. The number of nitrogens with one attached hydrogen (secondary N) is 1. The Labute approximate surface area is 197 Å². The topological polar surface area (TPSA) is 84.1 Å². The van der Waals surface area contributed by atoms with Gasteiger partial charge in [0.1, 0.15) is 11.6 Å². The first-order chi connectivity index (χ1) is 16.0. The van der Waals surface area contributed by atoms with Crippen molar-refractivity contribution in [1.29, 1.82) is 0 Å². The molecule has 0 saturated heterocycles. The van der Waals surface area contributed by atoms with E-state index in [4.69, 9.17) is 15.7 Å². The van der Waals surface area contributed by atoms with Crippen molar-refractivity contribution in [1.82, 2.24) is 9.97 Å². The number of benzene rings is 2. The number of amides is 1. The summed E-state index contributed by atoms with van der Waals surface area (Å²) in [5.41, 5.74) is 9.54. The van der Waals surface area contributed by atoms with Gasteiger partial charge in [0.25, 0.3) is 0 Å². The number of hydrogen-bond acceptors (Lipinski definition) is 6. The highest BCUT2D eigenvalue weighted by molar-refractivity contribution is 7.20. The molecule has 2 aromatic heterocycles. The minimum atomic E-state index is -0.416. The summed E-state index contributed by atoms with van der Waals surface area (Å²) in [5.74, 6) is 2.14. The van der Waals surface area contributed by atoms with Crippen LogP contribution >= 0.6 is 11.3 Å². The van der Waals surface area contributed by atoms with Crippen LogP contribution < -0.4 is 16.0 Å². The van der Waals surface area contributed by atoms with Crippen molar-refractivity contribution in [3.8, 4) is 11.4 Å². The number of carbonyl (C=O) groups is 1. The fourth-order valence-electron chi connectivity index (χ4n) is 4.52. The number of carbonyl (C=O) groups excluding carboxylic acids is 1. The standard InChI is InChI=1S/C26H27N5OS/c1-16-21(18-12-8-13-19(23(27)32)22(18)33-16)25-29-24(28-15-17-9-4-3-5-10-17)20-11-6-7-14-31(2)26(20)30-25/h3-5,8-10,12-13H,6-7,11,14-15H2,1-2H3,(H2,27,32)(H,28,29,30). The lowest BCUT2D eigenvalue weighted by molar-refractivity contribution is 0.100. The maximum absolute atomic E-state index is 12.0. The van der Waals surface area contributed by atoms with Crippen molar-refractivity contribution in [2.24, 2.45) is 5.73 Å². The Bertz CT molecular complexity index is 1330. The van der Waals surface area contributed by atoms with E-state index >= 15 is 0 Å². The van der Waals surface area contributed by atoms with Gasteiger partial charge in [0.15, 0.2) is 5.82 Å². The fraction of sp³-hybridized carbons (Fsp3) is 0.269. The molecule has 1 amide bonds. The van der Waals surface area contributed by atoms with Gasteiger partial charge in [-0.2, -0.15) is 0 Å². The van der Waals surface area contributed by atoms with E-state index in [1.54, 1.807) is 17.4 Å². The quantitative estimate of drug-likeness (QED) is 0.433. The van der Waals surface area contributed by atoms with Crippen LogP contribution in [0.5, 0.6) is 0 Å². The molecule has 33 heavy (non-hydrogen) atoms. The van der Waals surface area contributed by atoms with E-state index in [1.807, 2.05) is 30.3 Å². The fourth-order valence-corrected chi connectivity index (χ4v) is 5.69. The monoisotopic (exact) mass is 457 g/mol. The summed E-state index contributed by atoms with van der Waals surface area (Å²) in [4.78, 5) is 25.4. The van der Waals surface area contributed by atoms with Gasteiger partial charge in [-0.05, 0) is 37.8 Å². The molecule has 168 valence electrons. The molecule has 5 rings (SSSR count). The highest BCUT2D eigenvalue weighted by atomic mass is 32.1. The molecular weight excluding hydrogens is 430 g/mol. The van der Waals surface area contributed by atoms with E-state index in [0.29, 0.717) is 17.9 Å². The molecule has 0 unspecified atom stereocenters. The van der Waals surface area contributed by atoms with Gasteiger partial charge in [-0.1, -0.05) is 42.5 Å². The van der Waals surface area contributed by atoms with Gasteiger partial charge in [0, 0.05) is 46.2 Å². The Morgan fingerprint density at radius 1 is 1.12 bits per heavy atom. The molecule has 3 N–H and O–H groups in total. The van der Waals surface area contributed by atoms with Gasteiger partial charge in [-0.25, -0.2) is 9.97 Å². The number of hydrogen-bond donors (Lipinski definition) is 2. The van der Waals surface area contributed by atoms with Crippen molar-refractivity contribution in [3.05, 3.63) is 70.1 Å². The van der Waals surface area contributed by atoms with Crippen LogP contribution in [-0.4, -0.2) is 29.5 Å². The Kier molecular flexibility index (Phi) is 5.72. The molecule has 0 aliphatic carbocycles. The van der Waals surface area contributed by atoms with Crippen molar-refractivity contribution in [3.63, 3.8) is 0 Å². The third kappa shape index (κ3) is 4.04. The predicted octanol–water partition coefficient (Wildman–Crippen LogP) is 5.15. The first kappa shape index (κ1) is 21.4. The second-order valence-electron chi connectivity index (χ2n) is 8.50. The normalized spacial score (nSPS) is 13.6. The number of aromatic nitrogens is 2. The highest BCUT2D eigenvalue weighted by Crippen LogP contribution is 2.40. The Morgan fingerprint density at radius 3 is 2.73 bits per heavy atom. The molecule has 3 heterocycles. The molecule has 0 bridgehead atoms. The van der Waals surface area contributed by atoms with Crippen LogP contribution in [0.1, 0.15) is 39.2 Å². The summed E-state index contributed by atoms with van der Waals surface area (Å²) in [6.45, 7) is 3.72. The molecule has 0 atom stereocenters. The number of primary amides is 1. The lowest BCUT2D eigenvalue weighted by Crippen LogP contribution is -2.20. The summed E-state index contributed by atoms with van der Waals surface area (Å²) in [5, 5.41) is 4.56.